The minimum atomic E-state index is -0.965. The molecule has 0 bridgehead atoms. The molecule has 0 radical (unpaired) electrons. The van der Waals surface area contributed by atoms with Crippen molar-refractivity contribution in [2.75, 3.05) is 6.54 Å². The average Bonchev–Trinajstić information content (AvgIpc) is 3.87. The summed E-state index contributed by atoms with van der Waals surface area (Å²) in [6, 6.07) is 29.6. The first kappa shape index (κ1) is 30.6. The molecule has 2 aromatic heterocycles. The Morgan fingerprint density at radius 2 is 1.64 bits per heavy atom. The number of aromatic amines is 1. The van der Waals surface area contributed by atoms with Gasteiger partial charge in [0.25, 0.3) is 0 Å². The summed E-state index contributed by atoms with van der Waals surface area (Å²) in [5, 5.41) is 18.6. The molecular formula is C37H39N7O3. The van der Waals surface area contributed by atoms with E-state index in [0.29, 0.717) is 47.8 Å². The van der Waals surface area contributed by atoms with Gasteiger partial charge in [-0.15, -0.1) is 10.2 Å². The molecule has 0 saturated carbocycles. The number of H-pyrrole nitrogens is 1. The smallest absolute Gasteiger partial charge is 0.356 e. The molecule has 1 fully saturated rings. The third-order valence-corrected chi connectivity index (χ3v) is 9.15. The van der Waals surface area contributed by atoms with Crippen LogP contribution in [-0.2, 0) is 4.79 Å². The molecule has 0 amide bonds. The van der Waals surface area contributed by atoms with Crippen LogP contribution in [0.1, 0.15) is 64.7 Å². The van der Waals surface area contributed by atoms with E-state index in [4.69, 9.17) is 14.7 Å². The molecule has 7 rings (SSSR count). The molecule has 240 valence electrons. The number of carbonyl (C=O) groups is 1. The number of imidazole rings is 1. The zero-order valence-electron chi connectivity index (χ0n) is 26.6. The van der Waals surface area contributed by atoms with E-state index in [1.165, 1.54) is 19.3 Å². The molecule has 1 saturated heterocycles. The van der Waals surface area contributed by atoms with Crippen LogP contribution in [0.15, 0.2) is 91.0 Å². The predicted octanol–water partition coefficient (Wildman–Crippen LogP) is 7.57. The normalized spacial score (nSPS) is 16.6. The van der Waals surface area contributed by atoms with E-state index < -0.39 is 5.54 Å². The number of rotatable bonds is 13. The maximum Gasteiger partial charge on any atom is 0.356 e. The quantitative estimate of drug-likeness (QED) is 0.130. The van der Waals surface area contributed by atoms with Crippen LogP contribution in [-0.4, -0.2) is 53.5 Å². The lowest BCUT2D eigenvalue weighted by Crippen LogP contribution is -2.55. The van der Waals surface area contributed by atoms with E-state index in [-0.39, 0.29) is 5.97 Å². The highest BCUT2D eigenvalue weighted by Crippen LogP contribution is 2.38. The second-order valence-corrected chi connectivity index (χ2v) is 12.2. The summed E-state index contributed by atoms with van der Waals surface area (Å²) in [7, 11) is 0. The van der Waals surface area contributed by atoms with E-state index in [1.54, 1.807) is 4.73 Å². The number of hydrogen-bond donors (Lipinski definition) is 1. The molecule has 47 heavy (non-hydrogen) atoms. The largest absolute Gasteiger partial charge is 0.405 e. The van der Waals surface area contributed by atoms with E-state index in [2.05, 4.69) is 45.7 Å². The first-order chi connectivity index (χ1) is 23.2. The van der Waals surface area contributed by atoms with Crippen molar-refractivity contribution in [3.63, 3.8) is 0 Å². The molecule has 10 nitrogen and oxygen atoms in total. The molecule has 6 aromatic rings. The van der Waals surface area contributed by atoms with Gasteiger partial charge < -0.3 is 9.68 Å². The topological polar surface area (TPSA) is 111 Å². The van der Waals surface area contributed by atoms with Crippen LogP contribution in [0.25, 0.3) is 44.6 Å². The number of para-hydroxylation sites is 2. The van der Waals surface area contributed by atoms with Crippen LogP contribution in [0.2, 0.25) is 0 Å². The number of nitrogens with zero attached hydrogens (tertiary/aromatic N) is 6. The number of carbonyl (C=O) groups excluding carboxylic acids is 1. The van der Waals surface area contributed by atoms with Crippen LogP contribution in [0.5, 0.6) is 5.75 Å². The van der Waals surface area contributed by atoms with Crippen LogP contribution in [0.4, 0.5) is 0 Å². The Bertz CT molecular complexity index is 1970. The number of aromatic nitrogens is 6. The zero-order valence-corrected chi connectivity index (χ0v) is 26.6. The van der Waals surface area contributed by atoms with Crippen LogP contribution < -0.4 is 9.68 Å². The highest BCUT2D eigenvalue weighted by atomic mass is 16.7. The molecule has 0 aliphatic carbocycles. The molecular weight excluding hydrogens is 590 g/mol. The third-order valence-electron chi connectivity index (χ3n) is 9.15. The van der Waals surface area contributed by atoms with Crippen molar-refractivity contribution in [2.45, 2.75) is 70.3 Å². The Labute approximate surface area is 273 Å². The SMILES string of the molecule is CCCCCCCC[C@@]1(C(=O)On2c(-c3ccccc3-c3nnn[nH]3)nc3ccccc32)CCCN1Oc1ccc2ccccc2c1. The standard InChI is InChI=1S/C37H39N7O3/c1-2-3-4-5-6-13-23-37(24-14-25-43(37)46-29-22-21-27-15-7-8-16-28(27)26-29)36(45)47-44-33-20-12-11-19-32(33)38-35(44)31-18-10-9-17-30(31)34-39-41-42-40-34/h7-12,15-22,26H,2-6,13-14,23-25H2,1H3,(H,39,40,41,42)/t37-/m0/s1. The predicted molar refractivity (Wildman–Crippen MR) is 181 cm³/mol. The third kappa shape index (κ3) is 6.20. The summed E-state index contributed by atoms with van der Waals surface area (Å²) < 4.78 is 1.57. The highest BCUT2D eigenvalue weighted by molar-refractivity contribution is 5.87. The van der Waals surface area contributed by atoms with Crippen molar-refractivity contribution in [1.82, 2.24) is 35.4 Å². The fourth-order valence-corrected chi connectivity index (χ4v) is 6.68. The summed E-state index contributed by atoms with van der Waals surface area (Å²) in [6.07, 6.45) is 8.81. The fraction of sp³-hybridized carbons (Fsp3) is 0.324. The number of hydroxylamine groups is 2. The summed E-state index contributed by atoms with van der Waals surface area (Å²) in [5.41, 5.74) is 1.91. The lowest BCUT2D eigenvalue weighted by atomic mass is 9.90. The Kier molecular flexibility index (Phi) is 8.92. The van der Waals surface area contributed by atoms with E-state index in [0.717, 1.165) is 47.6 Å². The van der Waals surface area contributed by atoms with Gasteiger partial charge in [-0.3, -0.25) is 0 Å². The Morgan fingerprint density at radius 3 is 2.49 bits per heavy atom. The molecule has 0 unspecified atom stereocenters. The van der Waals surface area contributed by atoms with E-state index in [1.807, 2.05) is 77.9 Å². The van der Waals surface area contributed by atoms with Crippen molar-refractivity contribution in [3.8, 4) is 28.5 Å². The maximum absolute atomic E-state index is 14.7. The maximum atomic E-state index is 14.7. The van der Waals surface area contributed by atoms with Crippen molar-refractivity contribution < 1.29 is 14.5 Å². The molecule has 3 heterocycles. The molecule has 1 aliphatic heterocycles. The second kappa shape index (κ2) is 13.7. The van der Waals surface area contributed by atoms with Crippen LogP contribution in [0, 0.1) is 0 Å². The van der Waals surface area contributed by atoms with Gasteiger partial charge in [0.05, 0.1) is 5.52 Å². The molecule has 1 N–H and O–H groups in total. The van der Waals surface area contributed by atoms with Gasteiger partial charge in [-0.05, 0) is 64.7 Å². The summed E-state index contributed by atoms with van der Waals surface area (Å²) >= 11 is 0. The summed E-state index contributed by atoms with van der Waals surface area (Å²) in [5.74, 6) is 1.33. The molecule has 0 spiro atoms. The van der Waals surface area contributed by atoms with E-state index >= 15 is 0 Å². The molecule has 1 aliphatic rings. The van der Waals surface area contributed by atoms with Crippen molar-refractivity contribution >= 4 is 27.8 Å². The van der Waals surface area contributed by atoms with Crippen LogP contribution in [0.3, 0.4) is 0 Å². The number of unbranched alkanes of at least 4 members (excludes halogenated alkanes) is 5. The Balaban J connectivity index is 1.24. The Hall–Kier alpha value is -5.09. The summed E-state index contributed by atoms with van der Waals surface area (Å²) in [6.45, 7) is 2.84. The first-order valence-corrected chi connectivity index (χ1v) is 16.6. The van der Waals surface area contributed by atoms with Crippen molar-refractivity contribution in [3.05, 3.63) is 91.0 Å². The lowest BCUT2D eigenvalue weighted by Gasteiger charge is -2.35. The molecule has 4 aromatic carbocycles. The minimum absolute atomic E-state index is 0.354. The van der Waals surface area contributed by atoms with Gasteiger partial charge in [-0.25, -0.2) is 14.9 Å². The van der Waals surface area contributed by atoms with Gasteiger partial charge in [0.1, 0.15) is 11.3 Å². The highest BCUT2D eigenvalue weighted by Gasteiger charge is 2.51. The summed E-state index contributed by atoms with van der Waals surface area (Å²) in [4.78, 5) is 32.7. The first-order valence-electron chi connectivity index (χ1n) is 16.6. The number of tetrazole rings is 1. The van der Waals surface area contributed by atoms with Gasteiger partial charge in [0.2, 0.25) is 0 Å². The molecule has 10 heteroatoms. The van der Waals surface area contributed by atoms with Gasteiger partial charge >= 0.3 is 5.97 Å². The minimum Gasteiger partial charge on any atom is -0.405 e. The van der Waals surface area contributed by atoms with Crippen molar-refractivity contribution in [2.24, 2.45) is 0 Å². The number of fused-ring (bicyclic) bond motifs is 2. The number of hydrogen-bond acceptors (Lipinski definition) is 8. The monoisotopic (exact) mass is 629 g/mol. The zero-order chi connectivity index (χ0) is 32.1. The second-order valence-electron chi connectivity index (χ2n) is 12.2. The number of benzene rings is 4. The number of nitrogens with one attached hydrogen (secondary N) is 1. The van der Waals surface area contributed by atoms with Crippen molar-refractivity contribution in [1.29, 1.82) is 0 Å². The molecule has 1 atom stereocenters. The Morgan fingerprint density at radius 1 is 0.872 bits per heavy atom. The van der Waals surface area contributed by atoms with E-state index in [9.17, 15) is 4.79 Å². The lowest BCUT2D eigenvalue weighted by molar-refractivity contribution is -0.181. The van der Waals surface area contributed by atoms with Crippen LogP contribution >= 0.6 is 0 Å². The van der Waals surface area contributed by atoms with Gasteiger partial charge in [0, 0.05) is 17.7 Å². The van der Waals surface area contributed by atoms with Gasteiger partial charge in [-0.1, -0.05) is 112 Å². The van der Waals surface area contributed by atoms with Gasteiger partial charge in [-0.2, -0.15) is 4.73 Å². The van der Waals surface area contributed by atoms with Gasteiger partial charge in [0.15, 0.2) is 17.2 Å². The fourth-order valence-electron chi connectivity index (χ4n) is 6.68. The average molecular weight is 630 g/mol.